The molecule has 0 aromatic heterocycles. The molecule has 2 N–H and O–H groups in total. The molecule has 0 saturated carbocycles. The number of benzene rings is 5. The molecule has 6 rings (SSSR count). The van der Waals surface area contributed by atoms with Gasteiger partial charge in [-0.05, 0) is 116 Å². The van der Waals surface area contributed by atoms with Gasteiger partial charge < -0.3 is 17.4 Å². The molecule has 5 nitrogen and oxygen atoms in total. The zero-order valence-electron chi connectivity index (χ0n) is 47.0. The molecule has 1 fully saturated rings. The average Bonchev–Trinajstić information content (AvgIpc) is 4.01. The Hall–Kier alpha value is -3.72. The van der Waals surface area contributed by atoms with Crippen molar-refractivity contribution in [1.82, 2.24) is 0 Å². The van der Waals surface area contributed by atoms with E-state index >= 15 is 0 Å². The summed E-state index contributed by atoms with van der Waals surface area (Å²) in [6, 6.07) is 49.9. The maximum atomic E-state index is 8.81. The zero-order chi connectivity index (χ0) is 56.5. The first kappa shape index (κ1) is 74.5. The second-order valence-electron chi connectivity index (χ2n) is 19.6. The SMILES string of the molecule is BrCCc1ccccc1.C1CCOC1.C=CC(C)(C)CCc1ccccc1.C=CC(C)(C)CCc1ccccc1.C=CC(C)(C)CCc1ccccc1N.CC(C)=CCBr.C[N+](=O)[O-].[CH2-]Cc1ccccc1.[Zn+][Br]. The zero-order valence-corrected chi connectivity index (χ0v) is 54.7. The number of nitrogens with two attached hydrogens (primary N) is 1. The van der Waals surface area contributed by atoms with Crippen molar-refractivity contribution in [2.75, 3.05) is 36.7 Å². The van der Waals surface area contributed by atoms with Crippen molar-refractivity contribution in [3.05, 3.63) is 240 Å². The van der Waals surface area contributed by atoms with Crippen LogP contribution in [0.2, 0.25) is 0 Å². The van der Waals surface area contributed by atoms with Gasteiger partial charge in [-0.15, -0.1) is 19.7 Å². The Morgan fingerprint density at radius 3 is 1.16 bits per heavy atom. The summed E-state index contributed by atoms with van der Waals surface area (Å²) in [4.78, 5) is 8.31. The average molecular weight is 1260 g/mol. The molecule has 1 aliphatic rings. The van der Waals surface area contributed by atoms with E-state index in [2.05, 4.69) is 237 Å². The fourth-order valence-corrected chi connectivity index (χ4v) is 6.92. The van der Waals surface area contributed by atoms with Gasteiger partial charge in [0.15, 0.2) is 7.05 Å². The molecule has 5 aromatic carbocycles. The molecular formula is C65H93Br3N2O3Zn. The first-order valence-electron chi connectivity index (χ1n) is 25.6. The van der Waals surface area contributed by atoms with Crippen molar-refractivity contribution in [2.45, 2.75) is 120 Å². The van der Waals surface area contributed by atoms with Crippen molar-refractivity contribution < 1.29 is 26.0 Å². The minimum absolute atomic E-state index is 0.197. The predicted octanol–water partition coefficient (Wildman–Crippen LogP) is 19.6. The van der Waals surface area contributed by atoms with Crippen molar-refractivity contribution in [3.8, 4) is 0 Å². The van der Waals surface area contributed by atoms with E-state index in [1.54, 1.807) is 0 Å². The summed E-state index contributed by atoms with van der Waals surface area (Å²) in [5.41, 5.74) is 15.6. The Kier molecular flexibility index (Phi) is 49.2. The van der Waals surface area contributed by atoms with Gasteiger partial charge >= 0.3 is 30.0 Å². The van der Waals surface area contributed by atoms with E-state index in [0.717, 1.165) is 75.1 Å². The molecular weight excluding hydrogens is 1160 g/mol. The summed E-state index contributed by atoms with van der Waals surface area (Å²) >= 11 is 10.9. The van der Waals surface area contributed by atoms with E-state index in [-0.39, 0.29) is 16.2 Å². The molecule has 0 radical (unpaired) electrons. The standard InChI is InChI=1S/C13H19N.2C13H18.C8H9Br.C8H9.C5H9Br.C4H8O.CH3NO2.BrH.Zn/c1-4-13(2,3)10-9-11-7-5-6-8-12(11)14;2*1-4-13(2,3)11-10-12-8-6-5-7-9-12;9-7-6-8-4-2-1-3-5-8;1-2-8-6-4-3-5-7-8;1-5(2)3-4-6;1-2-4-5-3-1;1-2(3)4;;/h4-8H,1,9-10,14H2,2-3H3;2*4-9H,1,10-11H2,2-3H3;1-5H,6-7H2;3-7H,1-2H2;3H,4H2,1-2H3;1-4H2;1H3;1H;/q;;;;-1;;;;;+2/p-1. The maximum absolute atomic E-state index is 8.81. The molecule has 0 amide bonds. The van der Waals surface area contributed by atoms with Crippen LogP contribution in [0.1, 0.15) is 115 Å². The number of nitro groups is 1. The van der Waals surface area contributed by atoms with Crippen LogP contribution in [-0.2, 0) is 53.2 Å². The number of rotatable bonds is 16. The fourth-order valence-electron chi connectivity index (χ4n) is 5.81. The van der Waals surface area contributed by atoms with Crippen molar-refractivity contribution in [2.24, 2.45) is 16.2 Å². The molecule has 74 heavy (non-hydrogen) atoms. The summed E-state index contributed by atoms with van der Waals surface area (Å²) in [5, 5.41) is 10.8. The Labute approximate surface area is 485 Å². The van der Waals surface area contributed by atoms with Gasteiger partial charge in [0.2, 0.25) is 0 Å². The van der Waals surface area contributed by atoms with Crippen LogP contribution >= 0.6 is 45.5 Å². The van der Waals surface area contributed by atoms with Crippen LogP contribution in [0, 0.1) is 33.3 Å². The second-order valence-corrected chi connectivity index (χ2v) is 21.0. The normalized spacial score (nSPS) is 10.9. The second kappa shape index (κ2) is 48.9. The van der Waals surface area contributed by atoms with E-state index in [0.29, 0.717) is 0 Å². The number of alkyl halides is 2. The molecule has 404 valence electrons. The molecule has 1 heterocycles. The van der Waals surface area contributed by atoms with Crippen LogP contribution < -0.4 is 5.73 Å². The fraction of sp³-hybridized carbons (Fsp3) is 0.400. The van der Waals surface area contributed by atoms with Gasteiger partial charge in [0.1, 0.15) is 0 Å². The van der Waals surface area contributed by atoms with Gasteiger partial charge in [-0.1, -0.05) is 248 Å². The van der Waals surface area contributed by atoms with Crippen LogP contribution in [0.4, 0.5) is 5.69 Å². The molecule has 5 aromatic rings. The van der Waals surface area contributed by atoms with E-state index in [1.165, 1.54) is 75.4 Å². The number of nitrogen functional groups attached to an aromatic ring is 1. The number of para-hydroxylation sites is 1. The Bertz CT molecular complexity index is 2040. The first-order valence-corrected chi connectivity index (χ1v) is 34.8. The third-order valence-electron chi connectivity index (χ3n) is 11.2. The number of halogens is 3. The molecule has 1 aliphatic heterocycles. The molecule has 9 heteroatoms. The quantitative estimate of drug-likeness (QED) is 0.0203. The third kappa shape index (κ3) is 49.2. The number of aryl methyl sites for hydroxylation is 4. The third-order valence-corrected chi connectivity index (χ3v) is 11.9. The van der Waals surface area contributed by atoms with Crippen LogP contribution in [-0.4, -0.2) is 35.8 Å². The molecule has 0 atom stereocenters. The van der Waals surface area contributed by atoms with E-state index < -0.39 is 4.92 Å². The van der Waals surface area contributed by atoms with Crippen molar-refractivity contribution in [3.63, 3.8) is 0 Å². The molecule has 0 unspecified atom stereocenters. The van der Waals surface area contributed by atoms with Gasteiger partial charge in [0.25, 0.3) is 0 Å². The van der Waals surface area contributed by atoms with Crippen LogP contribution in [0.25, 0.3) is 0 Å². The van der Waals surface area contributed by atoms with Crippen LogP contribution in [0.3, 0.4) is 0 Å². The van der Waals surface area contributed by atoms with E-state index in [9.17, 15) is 0 Å². The summed E-state index contributed by atoms with van der Waals surface area (Å²) in [6.07, 6.45) is 19.5. The van der Waals surface area contributed by atoms with Crippen LogP contribution in [0.5, 0.6) is 0 Å². The molecule has 0 spiro atoms. The van der Waals surface area contributed by atoms with Gasteiger partial charge in [0.05, 0.1) is 0 Å². The number of ether oxygens (including phenoxy) is 1. The molecule has 1 saturated heterocycles. The van der Waals surface area contributed by atoms with Gasteiger partial charge in [-0.25, -0.2) is 0 Å². The minimum atomic E-state index is -0.500. The first-order chi connectivity index (χ1) is 35.2. The number of hydrogen-bond donors (Lipinski definition) is 1. The number of nitrogens with zero attached hydrogens (tertiary/aromatic N) is 1. The Morgan fingerprint density at radius 2 is 0.919 bits per heavy atom. The Morgan fingerprint density at radius 1 is 0.608 bits per heavy atom. The molecule has 0 aliphatic carbocycles. The Balaban J connectivity index is -0.000000797. The van der Waals surface area contributed by atoms with Crippen molar-refractivity contribution in [1.29, 1.82) is 0 Å². The number of anilines is 1. The van der Waals surface area contributed by atoms with Gasteiger partial charge in [0, 0.05) is 34.5 Å². The summed E-state index contributed by atoms with van der Waals surface area (Å²) in [7, 11) is 0.889. The van der Waals surface area contributed by atoms with E-state index in [1.807, 2.05) is 60.7 Å². The molecule has 0 bridgehead atoms. The predicted molar refractivity (Wildman–Crippen MR) is 335 cm³/mol. The number of allylic oxidation sites excluding steroid dienone is 5. The summed E-state index contributed by atoms with van der Waals surface area (Å²) < 4.78 is 4.94. The monoisotopic (exact) mass is 1250 g/mol. The van der Waals surface area contributed by atoms with Crippen LogP contribution in [0.15, 0.2) is 195 Å². The van der Waals surface area contributed by atoms with E-state index in [4.69, 9.17) is 20.6 Å². The van der Waals surface area contributed by atoms with Gasteiger partial charge in [-0.3, -0.25) is 10.1 Å². The summed E-state index contributed by atoms with van der Waals surface area (Å²) in [5.74, 6) is 0. The number of hydrogen-bond acceptors (Lipinski definition) is 4. The topological polar surface area (TPSA) is 78.4 Å². The van der Waals surface area contributed by atoms with Gasteiger partial charge in [-0.2, -0.15) is 6.42 Å². The summed E-state index contributed by atoms with van der Waals surface area (Å²) in [6.45, 7) is 34.7. The van der Waals surface area contributed by atoms with Crippen molar-refractivity contribution >= 4 is 51.2 Å².